The molecule has 0 bridgehead atoms. The second-order valence-electron chi connectivity index (χ2n) is 6.75. The number of carbonyl (C=O) groups excluding carboxylic acids is 1. The Morgan fingerprint density at radius 1 is 1.35 bits per heavy atom. The number of pyridine rings is 1. The van der Waals surface area contributed by atoms with E-state index >= 15 is 4.39 Å². The number of carbonyl (C=O) groups is 1. The second kappa shape index (κ2) is 11.5. The monoisotopic (exact) mass is 425 g/mol. The van der Waals surface area contributed by atoms with Crippen molar-refractivity contribution in [2.75, 3.05) is 13.6 Å². The van der Waals surface area contributed by atoms with Gasteiger partial charge in [-0.2, -0.15) is 0 Å². The first-order valence-corrected chi connectivity index (χ1v) is 9.88. The number of amides is 1. The zero-order valence-corrected chi connectivity index (χ0v) is 18.1. The molecule has 31 heavy (non-hydrogen) atoms. The van der Waals surface area contributed by atoms with E-state index in [1.54, 1.807) is 19.2 Å². The van der Waals surface area contributed by atoms with Crippen LogP contribution < -0.4 is 15.5 Å². The predicted molar refractivity (Wildman–Crippen MR) is 120 cm³/mol. The molecule has 0 saturated heterocycles. The fourth-order valence-corrected chi connectivity index (χ4v) is 2.79. The van der Waals surface area contributed by atoms with Crippen LogP contribution in [0, 0.1) is 12.7 Å². The smallest absolute Gasteiger partial charge is 0.261 e. The number of benzene rings is 1. The average Bonchev–Trinajstić information content (AvgIpc) is 2.74. The number of nitrogens with zero attached hydrogens (tertiary/aromatic N) is 3. The lowest BCUT2D eigenvalue weighted by Crippen LogP contribution is -2.37. The minimum atomic E-state index is -0.398. The van der Waals surface area contributed by atoms with E-state index in [9.17, 15) is 4.79 Å². The highest BCUT2D eigenvalue weighted by atomic mass is 19.1. The maximum Gasteiger partial charge on any atom is 0.261 e. The summed E-state index contributed by atoms with van der Waals surface area (Å²) in [5.74, 6) is 0.127. The molecule has 0 aliphatic carbocycles. The first kappa shape index (κ1) is 23.6. The van der Waals surface area contributed by atoms with Crippen LogP contribution in [0.15, 0.2) is 60.4 Å². The molecule has 0 saturated carbocycles. The Bertz CT molecular complexity index is 974. The molecule has 7 nitrogen and oxygen atoms in total. The first-order valence-electron chi connectivity index (χ1n) is 9.88. The van der Waals surface area contributed by atoms with Crippen molar-refractivity contribution in [3.8, 4) is 11.6 Å². The van der Waals surface area contributed by atoms with Gasteiger partial charge in [0.15, 0.2) is 11.6 Å². The summed E-state index contributed by atoms with van der Waals surface area (Å²) in [5.41, 5.74) is 4.78. The molecule has 1 heterocycles. The van der Waals surface area contributed by atoms with Gasteiger partial charge in [-0.3, -0.25) is 15.2 Å². The molecule has 0 unspecified atom stereocenters. The third-order valence-corrected chi connectivity index (χ3v) is 4.33. The molecular weight excluding hydrogens is 397 g/mol. The summed E-state index contributed by atoms with van der Waals surface area (Å²) < 4.78 is 20.8. The van der Waals surface area contributed by atoms with Crippen LogP contribution in [0.3, 0.4) is 0 Å². The quantitative estimate of drug-likeness (QED) is 0.249. The number of hydrazine groups is 1. The molecule has 164 valence electrons. The van der Waals surface area contributed by atoms with Gasteiger partial charge < -0.3 is 10.1 Å². The summed E-state index contributed by atoms with van der Waals surface area (Å²) in [6, 6.07) is 8.85. The van der Waals surface area contributed by atoms with Gasteiger partial charge in [0.2, 0.25) is 5.88 Å². The van der Waals surface area contributed by atoms with Crippen molar-refractivity contribution in [2.45, 2.75) is 26.7 Å². The minimum absolute atomic E-state index is 0.140. The van der Waals surface area contributed by atoms with Crippen molar-refractivity contribution in [3.05, 3.63) is 78.0 Å². The van der Waals surface area contributed by atoms with Gasteiger partial charge >= 0.3 is 0 Å². The first-order chi connectivity index (χ1) is 14.8. The molecule has 1 aromatic carbocycles. The third kappa shape index (κ3) is 7.26. The highest BCUT2D eigenvalue weighted by Gasteiger charge is 2.15. The molecule has 2 N–H and O–H groups in total. The lowest BCUT2D eigenvalue weighted by Gasteiger charge is -2.15. The summed E-state index contributed by atoms with van der Waals surface area (Å²) in [7, 11) is 1.62. The minimum Gasteiger partial charge on any atom is -0.436 e. The number of rotatable bonds is 11. The van der Waals surface area contributed by atoms with E-state index in [4.69, 9.17) is 4.74 Å². The van der Waals surface area contributed by atoms with E-state index in [0.29, 0.717) is 36.7 Å². The molecule has 2 aromatic rings. The Morgan fingerprint density at radius 3 is 2.81 bits per heavy atom. The Morgan fingerprint density at radius 2 is 2.13 bits per heavy atom. The van der Waals surface area contributed by atoms with Crippen LogP contribution in [0.2, 0.25) is 0 Å². The number of aromatic nitrogens is 1. The fourth-order valence-electron chi connectivity index (χ4n) is 2.79. The molecule has 0 fully saturated rings. The van der Waals surface area contributed by atoms with Crippen molar-refractivity contribution in [1.29, 1.82) is 0 Å². The number of halogens is 1. The van der Waals surface area contributed by atoms with Crippen LogP contribution in [-0.4, -0.2) is 35.8 Å². The van der Waals surface area contributed by atoms with Crippen LogP contribution in [0.4, 0.5) is 4.39 Å². The van der Waals surface area contributed by atoms with Gasteiger partial charge in [0, 0.05) is 25.4 Å². The van der Waals surface area contributed by atoms with Crippen LogP contribution in [0.25, 0.3) is 0 Å². The van der Waals surface area contributed by atoms with Gasteiger partial charge in [-0.1, -0.05) is 32.2 Å². The van der Waals surface area contributed by atoms with E-state index in [2.05, 4.69) is 33.9 Å². The van der Waals surface area contributed by atoms with Gasteiger partial charge in [-0.05, 0) is 49.1 Å². The topological polar surface area (TPSA) is 78.9 Å². The number of aryl methyl sites for hydroxylation is 2. The average molecular weight is 426 g/mol. The molecule has 0 aliphatic rings. The zero-order valence-electron chi connectivity index (χ0n) is 18.1. The summed E-state index contributed by atoms with van der Waals surface area (Å²) in [5, 5.41) is 4.42. The van der Waals surface area contributed by atoms with Crippen molar-refractivity contribution in [2.24, 2.45) is 4.99 Å². The number of nitrogens with one attached hydrogen (secondary N) is 2. The highest BCUT2D eigenvalue weighted by molar-refractivity contribution is 5.87. The molecule has 0 spiro atoms. The van der Waals surface area contributed by atoms with Crippen LogP contribution in [0.5, 0.6) is 11.6 Å². The maximum atomic E-state index is 15.2. The summed E-state index contributed by atoms with van der Waals surface area (Å²) in [6.45, 7) is 11.4. The van der Waals surface area contributed by atoms with Crippen molar-refractivity contribution in [3.63, 3.8) is 0 Å². The largest absolute Gasteiger partial charge is 0.436 e. The Balaban J connectivity index is 2.01. The normalized spacial score (nSPS) is 10.6. The number of hydrogen-bond donors (Lipinski definition) is 2. The van der Waals surface area contributed by atoms with Gasteiger partial charge in [0.25, 0.3) is 5.91 Å². The van der Waals surface area contributed by atoms with Crippen LogP contribution >= 0.6 is 0 Å². The second-order valence-corrected chi connectivity index (χ2v) is 6.75. The van der Waals surface area contributed by atoms with Gasteiger partial charge in [-0.15, -0.1) is 0 Å². The molecule has 0 radical (unpaired) electrons. The van der Waals surface area contributed by atoms with E-state index in [1.165, 1.54) is 11.3 Å². The van der Waals surface area contributed by atoms with E-state index < -0.39 is 5.82 Å². The van der Waals surface area contributed by atoms with Gasteiger partial charge in [0.1, 0.15) is 12.2 Å². The summed E-state index contributed by atoms with van der Waals surface area (Å²) in [4.78, 5) is 19.6. The van der Waals surface area contributed by atoms with Crippen molar-refractivity contribution in [1.82, 2.24) is 20.7 Å². The standard InChI is InChI=1S/C23H28FN5O2/c1-6-18-11-12-20(31-22-10-8-9-16(3)27-22)23(24)19(18)13-14-25-17(4)26-15-29(5)28-21(30)7-2/h7-12,15,25H,2,4,6,13-14H2,1,3,5H3,(H,28,30). The lowest BCUT2D eigenvalue weighted by atomic mass is 10.0. The SMILES string of the molecule is C=CC(=O)NN(C)C=NC(=C)NCCc1c(CC)ccc(Oc2cccc(C)n2)c1F. The Kier molecular flexibility index (Phi) is 8.75. The summed E-state index contributed by atoms with van der Waals surface area (Å²) in [6.07, 6.45) is 3.68. The van der Waals surface area contributed by atoms with Crippen LogP contribution in [0.1, 0.15) is 23.7 Å². The molecule has 0 atom stereocenters. The lowest BCUT2D eigenvalue weighted by molar-refractivity contribution is -0.119. The Labute approximate surface area is 182 Å². The number of ether oxygens (including phenoxy) is 1. The third-order valence-electron chi connectivity index (χ3n) is 4.33. The zero-order chi connectivity index (χ0) is 22.8. The van der Waals surface area contributed by atoms with Gasteiger partial charge in [0.05, 0.1) is 0 Å². The Hall–Kier alpha value is -3.68. The molecular formula is C23H28FN5O2. The summed E-state index contributed by atoms with van der Waals surface area (Å²) >= 11 is 0. The number of hydrogen-bond acceptors (Lipinski definition) is 5. The predicted octanol–water partition coefficient (Wildman–Crippen LogP) is 3.66. The van der Waals surface area contributed by atoms with E-state index in [0.717, 1.165) is 17.3 Å². The van der Waals surface area contributed by atoms with Crippen LogP contribution in [-0.2, 0) is 17.6 Å². The van der Waals surface area contributed by atoms with Crippen molar-refractivity contribution >= 4 is 12.2 Å². The fraction of sp³-hybridized carbons (Fsp3) is 0.261. The molecule has 2 rings (SSSR count). The maximum absolute atomic E-state index is 15.2. The molecule has 1 aromatic heterocycles. The highest BCUT2D eigenvalue weighted by Crippen LogP contribution is 2.28. The number of aliphatic imine (C=N–C) groups is 1. The molecule has 8 heteroatoms. The van der Waals surface area contributed by atoms with E-state index in [1.807, 2.05) is 32.0 Å². The van der Waals surface area contributed by atoms with E-state index in [-0.39, 0.29) is 11.7 Å². The van der Waals surface area contributed by atoms with Gasteiger partial charge in [-0.25, -0.2) is 14.4 Å². The molecule has 1 amide bonds. The molecule has 0 aliphatic heterocycles. The van der Waals surface area contributed by atoms with Crippen molar-refractivity contribution < 1.29 is 13.9 Å².